The van der Waals surface area contributed by atoms with Gasteiger partial charge in [-0.1, -0.05) is 24.3 Å². The standard InChI is InChI=1S/C17H10FNO5/c18-8-5-6-11-12(7-8)19-15(20)13(11)14-9-3-1-2-4-10(9)16(23-14)24-17(21)22/h1-7,16H,(H,19,20)(H,21,22)/b14-13+. The Balaban J connectivity index is 1.90. The number of halogens is 1. The smallest absolute Gasteiger partial charge is 0.450 e. The molecule has 0 fully saturated rings. The number of carbonyl (C=O) groups excluding carboxylic acids is 1. The minimum absolute atomic E-state index is 0.208. The Morgan fingerprint density at radius 2 is 2.00 bits per heavy atom. The van der Waals surface area contributed by atoms with Gasteiger partial charge in [0.1, 0.15) is 11.6 Å². The Labute approximate surface area is 135 Å². The molecule has 2 aliphatic heterocycles. The zero-order valence-electron chi connectivity index (χ0n) is 12.1. The zero-order valence-corrected chi connectivity index (χ0v) is 12.1. The first kappa shape index (κ1) is 14.3. The van der Waals surface area contributed by atoms with Crippen LogP contribution in [0.2, 0.25) is 0 Å². The minimum Gasteiger partial charge on any atom is -0.450 e. The number of carboxylic acid groups (broad SMARTS) is 1. The van der Waals surface area contributed by atoms with E-state index in [9.17, 15) is 14.0 Å². The van der Waals surface area contributed by atoms with Gasteiger partial charge in [-0.15, -0.1) is 0 Å². The van der Waals surface area contributed by atoms with Crippen LogP contribution in [0.4, 0.5) is 14.9 Å². The number of rotatable bonds is 1. The lowest BCUT2D eigenvalue weighted by Crippen LogP contribution is -2.08. The number of ether oxygens (including phenoxy) is 2. The summed E-state index contributed by atoms with van der Waals surface area (Å²) in [5, 5.41) is 11.4. The van der Waals surface area contributed by atoms with Crippen molar-refractivity contribution in [2.45, 2.75) is 6.29 Å². The molecule has 2 aliphatic rings. The molecule has 6 nitrogen and oxygen atoms in total. The quantitative estimate of drug-likeness (QED) is 0.619. The molecule has 24 heavy (non-hydrogen) atoms. The number of anilines is 1. The van der Waals surface area contributed by atoms with Gasteiger partial charge in [-0.05, 0) is 18.2 Å². The summed E-state index contributed by atoms with van der Waals surface area (Å²) in [6.07, 6.45) is -2.64. The molecular formula is C17H10FNO5. The number of benzene rings is 2. The van der Waals surface area contributed by atoms with Crippen molar-refractivity contribution in [2.75, 3.05) is 5.32 Å². The number of hydrogen-bond acceptors (Lipinski definition) is 4. The molecule has 4 rings (SSSR count). The molecule has 1 amide bonds. The van der Waals surface area contributed by atoms with E-state index in [1.165, 1.54) is 18.2 Å². The maximum absolute atomic E-state index is 13.4. The maximum Gasteiger partial charge on any atom is 0.509 e. The van der Waals surface area contributed by atoms with Crippen LogP contribution in [0.15, 0.2) is 42.5 Å². The number of fused-ring (bicyclic) bond motifs is 2. The average Bonchev–Trinajstić information content (AvgIpc) is 3.04. The molecule has 2 heterocycles. The molecule has 2 aromatic rings. The second-order valence-electron chi connectivity index (χ2n) is 5.27. The highest BCUT2D eigenvalue weighted by Crippen LogP contribution is 2.45. The highest BCUT2D eigenvalue weighted by atomic mass is 19.1. The number of hydrogen-bond donors (Lipinski definition) is 2. The van der Waals surface area contributed by atoms with Gasteiger partial charge >= 0.3 is 6.16 Å². The first-order valence-electron chi connectivity index (χ1n) is 7.05. The van der Waals surface area contributed by atoms with Gasteiger partial charge in [-0.2, -0.15) is 0 Å². The predicted molar refractivity (Wildman–Crippen MR) is 81.2 cm³/mol. The van der Waals surface area contributed by atoms with Gasteiger partial charge in [-0.25, -0.2) is 9.18 Å². The summed E-state index contributed by atoms with van der Waals surface area (Å²) in [4.78, 5) is 23.2. The fourth-order valence-electron chi connectivity index (χ4n) is 2.89. The average molecular weight is 327 g/mol. The Hall–Kier alpha value is -3.35. The first-order valence-corrected chi connectivity index (χ1v) is 7.05. The SMILES string of the molecule is O=C(O)OC1O/C(=C2/C(=O)Nc3cc(F)ccc32)c2ccccc21. The van der Waals surface area contributed by atoms with Crippen LogP contribution in [-0.4, -0.2) is 17.2 Å². The maximum atomic E-state index is 13.4. The fourth-order valence-corrected chi connectivity index (χ4v) is 2.89. The van der Waals surface area contributed by atoms with Gasteiger partial charge in [0.05, 0.1) is 11.3 Å². The second-order valence-corrected chi connectivity index (χ2v) is 5.27. The van der Waals surface area contributed by atoms with Crippen molar-refractivity contribution in [3.05, 3.63) is 65.0 Å². The number of amides is 1. The van der Waals surface area contributed by atoms with E-state index >= 15 is 0 Å². The van der Waals surface area contributed by atoms with Crippen LogP contribution >= 0.6 is 0 Å². The number of nitrogens with one attached hydrogen (secondary N) is 1. The van der Waals surface area contributed by atoms with Crippen molar-refractivity contribution < 1.29 is 28.6 Å². The van der Waals surface area contributed by atoms with Gasteiger partial charge in [0.2, 0.25) is 0 Å². The van der Waals surface area contributed by atoms with Crippen LogP contribution < -0.4 is 5.32 Å². The van der Waals surface area contributed by atoms with Crippen molar-refractivity contribution in [1.29, 1.82) is 0 Å². The van der Waals surface area contributed by atoms with Crippen LogP contribution in [0.3, 0.4) is 0 Å². The molecule has 0 radical (unpaired) electrons. The lowest BCUT2D eigenvalue weighted by atomic mass is 10.0. The molecule has 0 spiro atoms. The second kappa shape index (κ2) is 5.09. The highest BCUT2D eigenvalue weighted by molar-refractivity contribution is 6.36. The van der Waals surface area contributed by atoms with Crippen LogP contribution in [0.5, 0.6) is 0 Å². The van der Waals surface area contributed by atoms with E-state index in [0.29, 0.717) is 22.4 Å². The fraction of sp³-hybridized carbons (Fsp3) is 0.0588. The van der Waals surface area contributed by atoms with E-state index in [4.69, 9.17) is 14.6 Å². The third kappa shape index (κ3) is 2.10. The van der Waals surface area contributed by atoms with E-state index < -0.39 is 24.2 Å². The Morgan fingerprint density at radius 3 is 2.79 bits per heavy atom. The molecule has 0 saturated heterocycles. The molecule has 7 heteroatoms. The van der Waals surface area contributed by atoms with Gasteiger partial charge < -0.3 is 19.9 Å². The van der Waals surface area contributed by atoms with Crippen molar-refractivity contribution in [3.63, 3.8) is 0 Å². The molecule has 0 aliphatic carbocycles. The van der Waals surface area contributed by atoms with Crippen molar-refractivity contribution in [1.82, 2.24) is 0 Å². The zero-order chi connectivity index (χ0) is 16.8. The summed E-state index contributed by atoms with van der Waals surface area (Å²) in [5.41, 5.74) is 2.11. The summed E-state index contributed by atoms with van der Waals surface area (Å²) >= 11 is 0. The largest absolute Gasteiger partial charge is 0.509 e. The van der Waals surface area contributed by atoms with Crippen LogP contribution in [-0.2, 0) is 14.3 Å². The van der Waals surface area contributed by atoms with Crippen molar-refractivity contribution in [3.8, 4) is 0 Å². The summed E-state index contributed by atoms with van der Waals surface area (Å²) in [7, 11) is 0. The van der Waals surface area contributed by atoms with E-state index in [1.54, 1.807) is 24.3 Å². The lowest BCUT2D eigenvalue weighted by molar-refractivity contribution is -0.110. The third-order valence-electron chi connectivity index (χ3n) is 3.85. The van der Waals surface area contributed by atoms with Crippen LogP contribution in [0, 0.1) is 5.82 Å². The molecule has 0 bridgehead atoms. The van der Waals surface area contributed by atoms with E-state index in [2.05, 4.69) is 5.32 Å². The van der Waals surface area contributed by atoms with Gasteiger partial charge in [0.15, 0.2) is 0 Å². The van der Waals surface area contributed by atoms with Gasteiger partial charge in [-0.3, -0.25) is 4.79 Å². The van der Waals surface area contributed by atoms with Gasteiger partial charge in [0, 0.05) is 16.7 Å². The van der Waals surface area contributed by atoms with E-state index in [-0.39, 0.29) is 11.3 Å². The summed E-state index contributed by atoms with van der Waals surface area (Å²) in [5.74, 6) is -0.712. The topological polar surface area (TPSA) is 84.9 Å². The van der Waals surface area contributed by atoms with Crippen molar-refractivity contribution >= 4 is 29.1 Å². The molecule has 2 N–H and O–H groups in total. The third-order valence-corrected chi connectivity index (χ3v) is 3.85. The van der Waals surface area contributed by atoms with E-state index in [0.717, 1.165) is 0 Å². The van der Waals surface area contributed by atoms with Crippen LogP contribution in [0.1, 0.15) is 23.0 Å². The minimum atomic E-state index is -1.49. The molecule has 1 atom stereocenters. The first-order chi connectivity index (χ1) is 11.5. The molecule has 0 aromatic heterocycles. The highest BCUT2D eigenvalue weighted by Gasteiger charge is 2.37. The molecule has 0 saturated carbocycles. The molecule has 1 unspecified atom stereocenters. The van der Waals surface area contributed by atoms with Crippen LogP contribution in [0.25, 0.3) is 11.3 Å². The Kier molecular flexibility index (Phi) is 3.02. The predicted octanol–water partition coefficient (Wildman–Crippen LogP) is 3.37. The summed E-state index contributed by atoms with van der Waals surface area (Å²) in [6.45, 7) is 0. The van der Waals surface area contributed by atoms with Gasteiger partial charge in [0.25, 0.3) is 12.2 Å². The Morgan fingerprint density at radius 1 is 1.21 bits per heavy atom. The summed E-state index contributed by atoms with van der Waals surface area (Å²) < 4.78 is 23.7. The lowest BCUT2D eigenvalue weighted by Gasteiger charge is -2.11. The molecular weight excluding hydrogens is 317 g/mol. The summed E-state index contributed by atoms with van der Waals surface area (Å²) in [6, 6.07) is 10.8. The Bertz CT molecular complexity index is 921. The number of carbonyl (C=O) groups is 2. The van der Waals surface area contributed by atoms with E-state index in [1.807, 2.05) is 0 Å². The molecule has 120 valence electrons. The monoisotopic (exact) mass is 327 g/mol. The van der Waals surface area contributed by atoms with Crippen molar-refractivity contribution in [2.24, 2.45) is 0 Å². The molecule has 2 aromatic carbocycles. The normalized spacial score (nSPS) is 20.9.